The van der Waals surface area contributed by atoms with Gasteiger partial charge in [-0.3, -0.25) is 14.7 Å². The summed E-state index contributed by atoms with van der Waals surface area (Å²) in [7, 11) is 0. The number of halogens is 1. The van der Waals surface area contributed by atoms with E-state index in [-0.39, 0.29) is 11.1 Å². The van der Waals surface area contributed by atoms with E-state index in [1.54, 1.807) is 23.6 Å². The van der Waals surface area contributed by atoms with Gasteiger partial charge in [0.1, 0.15) is 0 Å². The lowest BCUT2D eigenvalue weighted by Gasteiger charge is -2.10. The number of H-pyrrole nitrogens is 1. The number of nitrogens with zero attached hydrogens (tertiary/aromatic N) is 3. The zero-order chi connectivity index (χ0) is 20.1. The molecule has 0 unspecified atom stereocenters. The van der Waals surface area contributed by atoms with Crippen LogP contribution in [0.15, 0.2) is 64.2 Å². The van der Waals surface area contributed by atoms with Crippen molar-refractivity contribution in [3.05, 3.63) is 91.6 Å². The molecule has 5 aromatic rings. The maximum atomic E-state index is 13.2. The van der Waals surface area contributed by atoms with E-state index >= 15 is 0 Å². The monoisotopic (exact) mass is 422 g/mol. The molecule has 8 heteroatoms. The Hall–Kier alpha value is -3.16. The summed E-state index contributed by atoms with van der Waals surface area (Å²) in [5, 5.41) is 4.71. The smallest absolute Gasteiger partial charge is 0.282 e. The summed E-state index contributed by atoms with van der Waals surface area (Å²) in [6.45, 7) is 2.15. The van der Waals surface area contributed by atoms with Crippen LogP contribution in [0.3, 0.4) is 0 Å². The summed E-state index contributed by atoms with van der Waals surface area (Å²) in [5.74, 6) is 0. The van der Waals surface area contributed by atoms with Crippen LogP contribution in [0.1, 0.15) is 11.3 Å². The van der Waals surface area contributed by atoms with Crippen LogP contribution in [0.25, 0.3) is 26.3 Å². The Kier molecular flexibility index (Phi) is 4.15. The molecule has 5 rings (SSSR count). The molecule has 0 amide bonds. The van der Waals surface area contributed by atoms with Crippen molar-refractivity contribution in [3.8, 4) is 5.13 Å². The first kappa shape index (κ1) is 17.9. The quantitative estimate of drug-likeness (QED) is 0.475. The summed E-state index contributed by atoms with van der Waals surface area (Å²) in [4.78, 5) is 30.4. The van der Waals surface area contributed by atoms with E-state index in [2.05, 4.69) is 10.1 Å². The molecular weight excluding hydrogens is 408 g/mol. The SMILES string of the molecule is Cc1c2c(=O)n(-c3nc4ccccc4s3)[nH]c2cc(=O)n1Cc1ccc(Cl)cc1. The Morgan fingerprint density at radius 2 is 1.86 bits per heavy atom. The lowest BCUT2D eigenvalue weighted by Crippen LogP contribution is -2.23. The van der Waals surface area contributed by atoms with Crippen LogP contribution < -0.4 is 11.1 Å². The number of aromatic nitrogens is 4. The zero-order valence-electron chi connectivity index (χ0n) is 15.3. The number of aryl methyl sites for hydroxylation is 1. The Labute approximate surface area is 173 Å². The molecule has 3 aromatic heterocycles. The van der Waals surface area contributed by atoms with Gasteiger partial charge in [-0.05, 0) is 36.8 Å². The van der Waals surface area contributed by atoms with Crippen LogP contribution in [-0.4, -0.2) is 19.3 Å². The molecule has 3 heterocycles. The third-order valence-corrected chi connectivity index (χ3v) is 6.22. The van der Waals surface area contributed by atoms with Crippen LogP contribution in [-0.2, 0) is 6.54 Å². The molecule has 29 heavy (non-hydrogen) atoms. The summed E-state index contributed by atoms with van der Waals surface area (Å²) in [6.07, 6.45) is 0. The first-order valence-corrected chi connectivity index (χ1v) is 10.2. The van der Waals surface area contributed by atoms with Crippen LogP contribution >= 0.6 is 22.9 Å². The summed E-state index contributed by atoms with van der Waals surface area (Å²) < 4.78 is 4.00. The number of benzene rings is 2. The molecule has 0 aliphatic heterocycles. The normalized spacial score (nSPS) is 11.5. The third-order valence-electron chi connectivity index (χ3n) is 4.95. The van der Waals surface area contributed by atoms with E-state index in [9.17, 15) is 9.59 Å². The van der Waals surface area contributed by atoms with Crippen molar-refractivity contribution >= 4 is 44.1 Å². The molecule has 0 radical (unpaired) electrons. The van der Waals surface area contributed by atoms with Gasteiger partial charge in [-0.1, -0.05) is 47.2 Å². The molecule has 0 atom stereocenters. The van der Waals surface area contributed by atoms with Gasteiger partial charge in [-0.15, -0.1) is 0 Å². The number of rotatable bonds is 3. The Bertz CT molecular complexity index is 1460. The predicted octanol–water partition coefficient (Wildman–Crippen LogP) is 4.10. The lowest BCUT2D eigenvalue weighted by atomic mass is 10.2. The molecule has 0 aliphatic carbocycles. The maximum Gasteiger partial charge on any atom is 0.282 e. The first-order valence-electron chi connectivity index (χ1n) is 8.97. The number of fused-ring (bicyclic) bond motifs is 2. The van der Waals surface area contributed by atoms with Gasteiger partial charge in [0, 0.05) is 16.8 Å². The Balaban J connectivity index is 1.67. The number of hydrogen-bond donors (Lipinski definition) is 1. The van der Waals surface area contributed by atoms with Crippen molar-refractivity contribution in [1.82, 2.24) is 19.3 Å². The first-order chi connectivity index (χ1) is 14.0. The second-order valence-corrected chi connectivity index (χ2v) is 8.23. The van der Waals surface area contributed by atoms with Crippen molar-refractivity contribution in [2.45, 2.75) is 13.5 Å². The highest BCUT2D eigenvalue weighted by Gasteiger charge is 2.17. The van der Waals surface area contributed by atoms with Crippen LogP contribution in [0.2, 0.25) is 5.02 Å². The molecule has 2 aromatic carbocycles. The van der Waals surface area contributed by atoms with E-state index in [1.165, 1.54) is 22.1 Å². The zero-order valence-corrected chi connectivity index (χ0v) is 16.9. The number of para-hydroxylation sites is 1. The van der Waals surface area contributed by atoms with Crippen molar-refractivity contribution in [2.75, 3.05) is 0 Å². The third kappa shape index (κ3) is 2.99. The molecule has 6 nitrogen and oxygen atoms in total. The fourth-order valence-corrected chi connectivity index (χ4v) is 4.52. The largest absolute Gasteiger partial charge is 0.308 e. The molecule has 1 N–H and O–H groups in total. The van der Waals surface area contributed by atoms with E-state index in [0.717, 1.165) is 15.8 Å². The van der Waals surface area contributed by atoms with Gasteiger partial charge in [0.05, 0.1) is 27.7 Å². The topological polar surface area (TPSA) is 72.7 Å². The minimum Gasteiger partial charge on any atom is -0.308 e. The van der Waals surface area contributed by atoms with Crippen molar-refractivity contribution in [2.24, 2.45) is 0 Å². The number of nitrogens with one attached hydrogen (secondary N) is 1. The van der Waals surface area contributed by atoms with Gasteiger partial charge in [0.15, 0.2) is 0 Å². The highest BCUT2D eigenvalue weighted by molar-refractivity contribution is 7.20. The maximum absolute atomic E-state index is 13.2. The summed E-state index contributed by atoms with van der Waals surface area (Å²) in [6, 6.07) is 16.5. The molecule has 0 aliphatic rings. The predicted molar refractivity (Wildman–Crippen MR) is 117 cm³/mol. The van der Waals surface area contributed by atoms with Gasteiger partial charge in [-0.25, -0.2) is 4.98 Å². The molecule has 0 saturated heterocycles. The number of aromatic amines is 1. The van der Waals surface area contributed by atoms with Crippen LogP contribution in [0.4, 0.5) is 0 Å². The van der Waals surface area contributed by atoms with E-state index in [0.29, 0.717) is 33.3 Å². The standard InChI is InChI=1S/C21H15ClN4O2S/c1-12-19-16(10-18(27)25(12)11-13-6-8-14(22)9-7-13)24-26(20(19)28)21-23-15-4-2-3-5-17(15)29-21/h2-10,24H,11H2,1H3. The highest BCUT2D eigenvalue weighted by atomic mass is 35.5. The average Bonchev–Trinajstić information content (AvgIpc) is 3.27. The van der Waals surface area contributed by atoms with Gasteiger partial charge >= 0.3 is 0 Å². The fourth-order valence-electron chi connectivity index (χ4n) is 3.47. The lowest BCUT2D eigenvalue weighted by molar-refractivity contribution is 0.738. The molecule has 0 fully saturated rings. The van der Waals surface area contributed by atoms with Gasteiger partial charge in [0.2, 0.25) is 5.13 Å². The van der Waals surface area contributed by atoms with Crippen molar-refractivity contribution < 1.29 is 0 Å². The van der Waals surface area contributed by atoms with E-state index in [4.69, 9.17) is 11.6 Å². The highest BCUT2D eigenvalue weighted by Crippen LogP contribution is 2.24. The van der Waals surface area contributed by atoms with Crippen molar-refractivity contribution in [3.63, 3.8) is 0 Å². The summed E-state index contributed by atoms with van der Waals surface area (Å²) in [5.41, 5.74) is 2.48. The van der Waals surface area contributed by atoms with Gasteiger partial charge in [0.25, 0.3) is 11.1 Å². The second-order valence-electron chi connectivity index (χ2n) is 6.79. The molecule has 0 bridgehead atoms. The molecule has 0 saturated carbocycles. The Morgan fingerprint density at radius 1 is 1.10 bits per heavy atom. The molecule has 144 valence electrons. The van der Waals surface area contributed by atoms with Gasteiger partial charge in [-0.2, -0.15) is 4.68 Å². The minimum absolute atomic E-state index is 0.178. The molecule has 0 spiro atoms. The van der Waals surface area contributed by atoms with Gasteiger partial charge < -0.3 is 4.57 Å². The van der Waals surface area contributed by atoms with E-state index in [1.807, 2.05) is 36.4 Å². The average molecular weight is 423 g/mol. The minimum atomic E-state index is -0.221. The molecular formula is C21H15ClN4O2S. The fraction of sp³-hybridized carbons (Fsp3) is 0.0952. The number of hydrogen-bond acceptors (Lipinski definition) is 4. The summed E-state index contributed by atoms with van der Waals surface area (Å²) >= 11 is 7.37. The van der Waals surface area contributed by atoms with Crippen LogP contribution in [0, 0.1) is 6.92 Å². The number of thiazole rings is 1. The second kappa shape index (κ2) is 6.72. The van der Waals surface area contributed by atoms with Crippen molar-refractivity contribution in [1.29, 1.82) is 0 Å². The Morgan fingerprint density at radius 3 is 2.62 bits per heavy atom. The van der Waals surface area contributed by atoms with Crippen LogP contribution in [0.5, 0.6) is 0 Å². The van der Waals surface area contributed by atoms with E-state index < -0.39 is 0 Å². The number of pyridine rings is 1.